The van der Waals surface area contributed by atoms with Crippen LogP contribution in [0.15, 0.2) is 12.4 Å². The quantitative estimate of drug-likeness (QED) is 0.818. The summed E-state index contributed by atoms with van der Waals surface area (Å²) in [6.45, 7) is 7.07. The van der Waals surface area contributed by atoms with Gasteiger partial charge >= 0.3 is 0 Å². The number of anilines is 2. The number of piperidine rings is 1. The largest absolute Gasteiger partial charge is 0.379 e. The van der Waals surface area contributed by atoms with Crippen molar-refractivity contribution in [3.63, 3.8) is 0 Å². The summed E-state index contributed by atoms with van der Waals surface area (Å²) in [4.78, 5) is 16.4. The Morgan fingerprint density at radius 3 is 2.57 bits per heavy atom. The molecule has 0 saturated carbocycles. The molecule has 126 valence electrons. The van der Waals surface area contributed by atoms with E-state index in [0.717, 1.165) is 57.6 Å². The van der Waals surface area contributed by atoms with E-state index in [0.29, 0.717) is 12.0 Å². The van der Waals surface area contributed by atoms with Gasteiger partial charge in [0, 0.05) is 44.7 Å². The average molecular weight is 317 g/mol. The van der Waals surface area contributed by atoms with Crippen LogP contribution in [0.5, 0.6) is 0 Å². The molecular weight excluding hydrogens is 290 g/mol. The Bertz CT molecular complexity index is 533. The first-order valence-corrected chi connectivity index (χ1v) is 8.89. The third-order valence-electron chi connectivity index (χ3n) is 5.39. The fourth-order valence-corrected chi connectivity index (χ4v) is 4.04. The number of ether oxygens (including phenoxy) is 1. The molecule has 0 aliphatic carbocycles. The molecule has 1 aromatic rings. The molecule has 0 amide bonds. The van der Waals surface area contributed by atoms with Crippen molar-refractivity contribution in [2.75, 3.05) is 62.8 Å². The predicted octanol–water partition coefficient (Wildman–Crippen LogP) is 1.23. The van der Waals surface area contributed by atoms with Crippen molar-refractivity contribution in [2.45, 2.75) is 25.3 Å². The van der Waals surface area contributed by atoms with E-state index in [-0.39, 0.29) is 0 Å². The minimum Gasteiger partial charge on any atom is -0.379 e. The maximum atomic E-state index is 5.83. The summed E-state index contributed by atoms with van der Waals surface area (Å²) >= 11 is 0. The number of fused-ring (bicyclic) bond motifs is 3. The van der Waals surface area contributed by atoms with Gasteiger partial charge in [-0.05, 0) is 26.3 Å². The van der Waals surface area contributed by atoms with Crippen LogP contribution < -0.4 is 9.80 Å². The minimum atomic E-state index is 0.455. The van der Waals surface area contributed by atoms with E-state index < -0.39 is 0 Å². The van der Waals surface area contributed by atoms with E-state index in [2.05, 4.69) is 37.8 Å². The SMILES string of the molecule is CN1C[C@H]2COC[C@@H]1CN(c1cc(N3CCCCC3)ncn1)C2. The number of hydrogen-bond acceptors (Lipinski definition) is 6. The van der Waals surface area contributed by atoms with Crippen LogP contribution in [0, 0.1) is 5.92 Å². The fourth-order valence-electron chi connectivity index (χ4n) is 4.04. The molecule has 0 N–H and O–H groups in total. The van der Waals surface area contributed by atoms with E-state index in [1.165, 1.54) is 19.3 Å². The zero-order valence-corrected chi connectivity index (χ0v) is 14.0. The highest BCUT2D eigenvalue weighted by atomic mass is 16.5. The lowest BCUT2D eigenvalue weighted by molar-refractivity contribution is 0.0930. The normalized spacial score (nSPS) is 29.4. The number of aromatic nitrogens is 2. The van der Waals surface area contributed by atoms with E-state index in [1.54, 1.807) is 6.33 Å². The van der Waals surface area contributed by atoms with Crippen LogP contribution in [-0.2, 0) is 4.74 Å². The average Bonchev–Trinajstić information content (AvgIpc) is 2.84. The zero-order valence-electron chi connectivity index (χ0n) is 14.0. The van der Waals surface area contributed by atoms with Crippen LogP contribution in [0.25, 0.3) is 0 Å². The van der Waals surface area contributed by atoms with Crippen molar-refractivity contribution in [1.82, 2.24) is 14.9 Å². The molecule has 4 heterocycles. The third-order valence-corrected chi connectivity index (χ3v) is 5.39. The highest BCUT2D eigenvalue weighted by Crippen LogP contribution is 2.25. The predicted molar refractivity (Wildman–Crippen MR) is 91.0 cm³/mol. The Balaban J connectivity index is 1.55. The molecule has 2 atom stereocenters. The molecule has 3 fully saturated rings. The van der Waals surface area contributed by atoms with E-state index in [4.69, 9.17) is 4.74 Å². The van der Waals surface area contributed by atoms with Crippen LogP contribution in [-0.4, -0.2) is 73.9 Å². The van der Waals surface area contributed by atoms with Gasteiger partial charge in [-0.25, -0.2) is 9.97 Å². The number of nitrogens with zero attached hydrogens (tertiary/aromatic N) is 5. The first-order valence-electron chi connectivity index (χ1n) is 8.89. The van der Waals surface area contributed by atoms with Gasteiger partial charge in [0.2, 0.25) is 0 Å². The smallest absolute Gasteiger partial charge is 0.134 e. The summed E-state index contributed by atoms with van der Waals surface area (Å²) in [6.07, 6.45) is 5.63. The van der Waals surface area contributed by atoms with Crippen molar-refractivity contribution in [3.05, 3.63) is 12.4 Å². The Labute approximate surface area is 138 Å². The molecule has 6 heteroatoms. The fraction of sp³-hybridized carbons (Fsp3) is 0.765. The van der Waals surface area contributed by atoms with Crippen molar-refractivity contribution in [2.24, 2.45) is 5.92 Å². The zero-order chi connectivity index (χ0) is 15.6. The third kappa shape index (κ3) is 3.28. The second-order valence-corrected chi connectivity index (χ2v) is 7.18. The number of rotatable bonds is 2. The van der Waals surface area contributed by atoms with Crippen LogP contribution in [0.4, 0.5) is 11.6 Å². The first kappa shape index (κ1) is 15.1. The molecule has 23 heavy (non-hydrogen) atoms. The van der Waals surface area contributed by atoms with Crippen LogP contribution in [0.2, 0.25) is 0 Å². The highest BCUT2D eigenvalue weighted by Gasteiger charge is 2.32. The summed E-state index contributed by atoms with van der Waals surface area (Å²) in [7, 11) is 2.22. The van der Waals surface area contributed by atoms with E-state index in [1.807, 2.05) is 0 Å². The minimum absolute atomic E-state index is 0.455. The van der Waals surface area contributed by atoms with Gasteiger partial charge in [0.25, 0.3) is 0 Å². The van der Waals surface area contributed by atoms with Gasteiger partial charge in [-0.15, -0.1) is 0 Å². The summed E-state index contributed by atoms with van der Waals surface area (Å²) in [5.74, 6) is 2.72. The first-order chi connectivity index (χ1) is 11.3. The Morgan fingerprint density at radius 1 is 0.957 bits per heavy atom. The molecule has 0 spiro atoms. The van der Waals surface area contributed by atoms with Gasteiger partial charge < -0.3 is 14.5 Å². The van der Waals surface area contributed by atoms with Gasteiger partial charge in [0.15, 0.2) is 0 Å². The van der Waals surface area contributed by atoms with Crippen molar-refractivity contribution in [3.8, 4) is 0 Å². The molecule has 0 unspecified atom stereocenters. The maximum absolute atomic E-state index is 5.83. The molecule has 6 nitrogen and oxygen atoms in total. The lowest BCUT2D eigenvalue weighted by atomic mass is 10.1. The maximum Gasteiger partial charge on any atom is 0.134 e. The molecule has 3 aliphatic rings. The highest BCUT2D eigenvalue weighted by molar-refractivity contribution is 5.50. The van der Waals surface area contributed by atoms with Crippen LogP contribution in [0.1, 0.15) is 19.3 Å². The summed E-state index contributed by atoms with van der Waals surface area (Å²) in [5, 5.41) is 0. The monoisotopic (exact) mass is 317 g/mol. The van der Waals surface area contributed by atoms with Gasteiger partial charge in [0.05, 0.1) is 19.3 Å². The van der Waals surface area contributed by atoms with Gasteiger partial charge in [-0.3, -0.25) is 4.90 Å². The topological polar surface area (TPSA) is 44.7 Å². The summed E-state index contributed by atoms with van der Waals surface area (Å²) < 4.78 is 5.83. The molecule has 0 radical (unpaired) electrons. The lowest BCUT2D eigenvalue weighted by Crippen LogP contribution is -2.42. The molecular formula is C17H27N5O. The standard InChI is InChI=1S/C17H27N5O/c1-20-8-14-9-22(10-15(20)12-23-11-14)17-7-16(18-13-19-17)21-5-3-2-4-6-21/h7,13-15H,2-6,8-12H2,1H3/t14-,15+/m1/s1. The summed E-state index contributed by atoms with van der Waals surface area (Å²) in [5.41, 5.74) is 0. The van der Waals surface area contributed by atoms with Gasteiger partial charge in [0.1, 0.15) is 18.0 Å². The number of hydrogen-bond donors (Lipinski definition) is 0. The Morgan fingerprint density at radius 2 is 1.74 bits per heavy atom. The van der Waals surface area contributed by atoms with E-state index >= 15 is 0 Å². The van der Waals surface area contributed by atoms with Crippen LogP contribution in [0.3, 0.4) is 0 Å². The molecule has 1 aromatic heterocycles. The summed E-state index contributed by atoms with van der Waals surface area (Å²) in [6, 6.07) is 2.64. The van der Waals surface area contributed by atoms with Crippen LogP contribution >= 0.6 is 0 Å². The van der Waals surface area contributed by atoms with Crippen molar-refractivity contribution in [1.29, 1.82) is 0 Å². The lowest BCUT2D eigenvalue weighted by Gasteiger charge is -2.32. The molecule has 4 rings (SSSR count). The Kier molecular flexibility index (Phi) is 4.35. The van der Waals surface area contributed by atoms with Crippen molar-refractivity contribution >= 4 is 11.6 Å². The second kappa shape index (κ2) is 6.61. The molecule has 3 saturated heterocycles. The molecule has 0 aromatic carbocycles. The molecule has 2 bridgehead atoms. The van der Waals surface area contributed by atoms with E-state index in [9.17, 15) is 0 Å². The Hall–Kier alpha value is -1.40. The second-order valence-electron chi connectivity index (χ2n) is 7.18. The van der Waals surface area contributed by atoms with Crippen molar-refractivity contribution < 1.29 is 4.74 Å². The van der Waals surface area contributed by atoms with Gasteiger partial charge in [-0.2, -0.15) is 0 Å². The molecule has 3 aliphatic heterocycles. The number of likely N-dealkylation sites (N-methyl/N-ethyl adjacent to an activating group) is 1. The van der Waals surface area contributed by atoms with Gasteiger partial charge in [-0.1, -0.05) is 0 Å².